The number of hydrogen-bond acceptors (Lipinski definition) is 5. The smallest absolute Gasteiger partial charge is 0.240 e. The molecule has 0 aromatic carbocycles. The summed E-state index contributed by atoms with van der Waals surface area (Å²) in [6.45, 7) is 1.41. The third-order valence-electron chi connectivity index (χ3n) is 2.76. The van der Waals surface area contributed by atoms with Crippen LogP contribution in [-0.2, 0) is 16.1 Å². The van der Waals surface area contributed by atoms with Crippen molar-refractivity contribution in [3.8, 4) is 0 Å². The lowest BCUT2D eigenvalue weighted by Crippen LogP contribution is -2.56. The Morgan fingerprint density at radius 2 is 2.31 bits per heavy atom. The Morgan fingerprint density at radius 1 is 1.56 bits per heavy atom. The van der Waals surface area contributed by atoms with Gasteiger partial charge in [-0.2, -0.15) is 0 Å². The van der Waals surface area contributed by atoms with Gasteiger partial charge in [-0.3, -0.25) is 4.79 Å². The lowest BCUT2D eigenvalue weighted by Gasteiger charge is -2.31. The Morgan fingerprint density at radius 3 is 2.94 bits per heavy atom. The fraction of sp³-hybridized carbons (Fsp3) is 0.600. The maximum atomic E-state index is 11.9. The Balaban J connectivity index is 1.87. The molecule has 3 N–H and O–H groups in total. The van der Waals surface area contributed by atoms with Gasteiger partial charge in [0.05, 0.1) is 12.1 Å². The van der Waals surface area contributed by atoms with Gasteiger partial charge in [-0.1, -0.05) is 5.16 Å². The number of nitrogens with zero attached hydrogens (tertiary/aromatic N) is 1. The molecule has 2 rings (SSSR count). The lowest BCUT2D eigenvalue weighted by atomic mass is 9.90. The SMILES string of the molecule is NC1(C(=O)NCc2ccon2)CCOCC1. The Bertz CT molecular complexity index is 344. The van der Waals surface area contributed by atoms with Crippen LogP contribution in [0.3, 0.4) is 0 Å². The summed E-state index contributed by atoms with van der Waals surface area (Å²) in [5.41, 5.74) is 5.89. The fourth-order valence-electron chi connectivity index (χ4n) is 1.64. The number of hydrogen-bond donors (Lipinski definition) is 2. The number of aromatic nitrogens is 1. The van der Waals surface area contributed by atoms with Gasteiger partial charge in [0.2, 0.25) is 5.91 Å². The van der Waals surface area contributed by atoms with Crippen molar-refractivity contribution in [2.75, 3.05) is 13.2 Å². The Labute approximate surface area is 93.1 Å². The molecule has 0 aliphatic carbocycles. The second-order valence-corrected chi connectivity index (χ2v) is 3.94. The molecule has 1 aromatic heterocycles. The van der Waals surface area contributed by atoms with Gasteiger partial charge in [-0.25, -0.2) is 0 Å². The quantitative estimate of drug-likeness (QED) is 0.743. The van der Waals surface area contributed by atoms with Gasteiger partial charge < -0.3 is 20.3 Å². The van der Waals surface area contributed by atoms with E-state index in [0.717, 1.165) is 0 Å². The summed E-state index contributed by atoms with van der Waals surface area (Å²) in [5, 5.41) is 6.45. The zero-order valence-corrected chi connectivity index (χ0v) is 8.94. The summed E-state index contributed by atoms with van der Waals surface area (Å²) in [6.07, 6.45) is 2.57. The van der Waals surface area contributed by atoms with Crippen LogP contribution in [-0.4, -0.2) is 29.8 Å². The van der Waals surface area contributed by atoms with Crippen molar-refractivity contribution >= 4 is 5.91 Å². The second kappa shape index (κ2) is 4.63. The highest BCUT2D eigenvalue weighted by atomic mass is 16.5. The Hall–Kier alpha value is -1.40. The van der Waals surface area contributed by atoms with Crippen molar-refractivity contribution in [3.63, 3.8) is 0 Å². The van der Waals surface area contributed by atoms with Gasteiger partial charge in [0.1, 0.15) is 12.0 Å². The van der Waals surface area contributed by atoms with E-state index in [-0.39, 0.29) is 5.91 Å². The van der Waals surface area contributed by atoms with Crippen LogP contribution in [0.15, 0.2) is 16.9 Å². The summed E-state index contributed by atoms with van der Waals surface area (Å²) in [4.78, 5) is 11.9. The van der Waals surface area contributed by atoms with E-state index >= 15 is 0 Å². The average Bonchev–Trinajstić information content (AvgIpc) is 2.79. The van der Waals surface area contributed by atoms with E-state index in [1.165, 1.54) is 6.26 Å². The molecule has 0 unspecified atom stereocenters. The number of carbonyl (C=O) groups excluding carboxylic acids is 1. The number of rotatable bonds is 3. The van der Waals surface area contributed by atoms with E-state index in [4.69, 9.17) is 10.5 Å². The van der Waals surface area contributed by atoms with Crippen LogP contribution in [0, 0.1) is 0 Å². The topological polar surface area (TPSA) is 90.4 Å². The average molecular weight is 225 g/mol. The molecule has 1 saturated heterocycles. The van der Waals surface area contributed by atoms with Crippen LogP contribution in [0.25, 0.3) is 0 Å². The molecule has 1 fully saturated rings. The summed E-state index contributed by atoms with van der Waals surface area (Å²) in [6, 6.07) is 1.70. The summed E-state index contributed by atoms with van der Waals surface area (Å²) in [5.74, 6) is -0.154. The van der Waals surface area contributed by atoms with E-state index in [9.17, 15) is 4.79 Å². The van der Waals surface area contributed by atoms with E-state index in [1.807, 2.05) is 0 Å². The molecule has 1 amide bonds. The Kier molecular flexibility index (Phi) is 3.21. The molecule has 0 saturated carbocycles. The molecule has 6 heteroatoms. The second-order valence-electron chi connectivity index (χ2n) is 3.94. The zero-order chi connectivity index (χ0) is 11.4. The normalized spacial score (nSPS) is 19.3. The van der Waals surface area contributed by atoms with Crippen LogP contribution in [0.4, 0.5) is 0 Å². The largest absolute Gasteiger partial charge is 0.381 e. The number of nitrogens with two attached hydrogens (primary N) is 1. The van der Waals surface area contributed by atoms with Crippen molar-refractivity contribution in [1.29, 1.82) is 0 Å². The van der Waals surface area contributed by atoms with Crippen molar-refractivity contribution in [3.05, 3.63) is 18.0 Å². The molecule has 1 aliphatic rings. The van der Waals surface area contributed by atoms with Gasteiger partial charge in [0, 0.05) is 19.3 Å². The minimum absolute atomic E-state index is 0.154. The van der Waals surface area contributed by atoms with Crippen molar-refractivity contribution in [2.45, 2.75) is 24.9 Å². The van der Waals surface area contributed by atoms with Gasteiger partial charge in [0.15, 0.2) is 0 Å². The third kappa shape index (κ3) is 2.40. The molecule has 6 nitrogen and oxygen atoms in total. The molecule has 0 radical (unpaired) electrons. The molecule has 1 aromatic rings. The number of carbonyl (C=O) groups is 1. The molecule has 16 heavy (non-hydrogen) atoms. The first-order valence-electron chi connectivity index (χ1n) is 5.25. The number of ether oxygens (including phenoxy) is 1. The van der Waals surface area contributed by atoms with Crippen LogP contribution < -0.4 is 11.1 Å². The fourth-order valence-corrected chi connectivity index (χ4v) is 1.64. The maximum Gasteiger partial charge on any atom is 0.240 e. The minimum atomic E-state index is -0.804. The monoisotopic (exact) mass is 225 g/mol. The highest BCUT2D eigenvalue weighted by Crippen LogP contribution is 2.17. The first-order valence-corrected chi connectivity index (χ1v) is 5.25. The zero-order valence-electron chi connectivity index (χ0n) is 8.94. The lowest BCUT2D eigenvalue weighted by molar-refractivity contribution is -0.129. The molecule has 0 atom stereocenters. The van der Waals surface area contributed by atoms with E-state index < -0.39 is 5.54 Å². The first-order chi connectivity index (χ1) is 7.71. The predicted octanol–water partition coefficient (Wildman–Crippen LogP) is -0.201. The van der Waals surface area contributed by atoms with Crippen molar-refractivity contribution in [2.24, 2.45) is 5.73 Å². The van der Waals surface area contributed by atoms with Gasteiger partial charge >= 0.3 is 0 Å². The van der Waals surface area contributed by atoms with E-state index in [2.05, 4.69) is 15.0 Å². The molecule has 0 bridgehead atoms. The molecular weight excluding hydrogens is 210 g/mol. The predicted molar refractivity (Wildman–Crippen MR) is 55.3 cm³/mol. The standard InChI is InChI=1S/C10H15N3O3/c11-10(2-5-15-6-3-10)9(14)12-7-8-1-4-16-13-8/h1,4H,2-3,5-7,11H2,(H,12,14). The van der Waals surface area contributed by atoms with Crippen LogP contribution >= 0.6 is 0 Å². The van der Waals surface area contributed by atoms with Gasteiger partial charge in [-0.15, -0.1) is 0 Å². The van der Waals surface area contributed by atoms with Crippen LogP contribution in [0.1, 0.15) is 18.5 Å². The van der Waals surface area contributed by atoms with Crippen LogP contribution in [0.2, 0.25) is 0 Å². The molecule has 88 valence electrons. The summed E-state index contributed by atoms with van der Waals surface area (Å²) >= 11 is 0. The van der Waals surface area contributed by atoms with Gasteiger partial charge in [-0.05, 0) is 12.8 Å². The number of nitrogens with one attached hydrogen (secondary N) is 1. The summed E-state index contributed by atoms with van der Waals surface area (Å²) in [7, 11) is 0. The van der Waals surface area contributed by atoms with E-state index in [0.29, 0.717) is 38.3 Å². The molecular formula is C10H15N3O3. The highest BCUT2D eigenvalue weighted by Gasteiger charge is 2.35. The third-order valence-corrected chi connectivity index (χ3v) is 2.76. The first kappa shape index (κ1) is 11.1. The van der Waals surface area contributed by atoms with E-state index in [1.54, 1.807) is 6.07 Å². The van der Waals surface area contributed by atoms with Crippen molar-refractivity contribution in [1.82, 2.24) is 10.5 Å². The van der Waals surface area contributed by atoms with Crippen molar-refractivity contribution < 1.29 is 14.1 Å². The number of amides is 1. The van der Waals surface area contributed by atoms with Gasteiger partial charge in [0.25, 0.3) is 0 Å². The molecule has 1 aliphatic heterocycles. The maximum absolute atomic E-state index is 11.9. The molecule has 2 heterocycles. The minimum Gasteiger partial charge on any atom is -0.381 e. The highest BCUT2D eigenvalue weighted by molar-refractivity contribution is 5.86. The van der Waals surface area contributed by atoms with Crippen LogP contribution in [0.5, 0.6) is 0 Å². The summed E-state index contributed by atoms with van der Waals surface area (Å²) < 4.78 is 9.84. The molecule has 0 spiro atoms.